The lowest BCUT2D eigenvalue weighted by molar-refractivity contribution is -0.199. The number of aliphatic carboxylic acids is 1. The van der Waals surface area contributed by atoms with Gasteiger partial charge in [-0.2, -0.15) is 0 Å². The third-order valence-electron chi connectivity index (χ3n) is 8.89. The number of hydrogen-bond donors (Lipinski definition) is 1. The summed E-state index contributed by atoms with van der Waals surface area (Å²) >= 11 is 1.15. The minimum absolute atomic E-state index is 0.0713. The lowest BCUT2D eigenvalue weighted by Crippen LogP contribution is -2.54. The topological polar surface area (TPSA) is 70.1 Å². The first-order valence-electron chi connectivity index (χ1n) is 14.2. The second kappa shape index (κ2) is 11.4. The second-order valence-electron chi connectivity index (χ2n) is 12.5. The van der Waals surface area contributed by atoms with Crippen LogP contribution in [0.3, 0.4) is 0 Å². The van der Waals surface area contributed by atoms with Crippen LogP contribution < -0.4 is 9.64 Å². The van der Waals surface area contributed by atoms with Gasteiger partial charge in [0.15, 0.2) is 0 Å². The first kappa shape index (κ1) is 31.7. The Morgan fingerprint density at radius 2 is 1.79 bits per heavy atom. The number of carboxylic acids is 1. The van der Waals surface area contributed by atoms with Gasteiger partial charge >= 0.3 is 5.97 Å². The number of anilines is 1. The summed E-state index contributed by atoms with van der Waals surface area (Å²) < 4.78 is 104. The Hall–Kier alpha value is -1.67. The van der Waals surface area contributed by atoms with Crippen molar-refractivity contribution in [1.29, 1.82) is 0 Å². The number of fused-ring (bicyclic) bond motifs is 1. The number of halogens is 6. The van der Waals surface area contributed by atoms with Gasteiger partial charge < -0.3 is 14.7 Å². The molecule has 42 heavy (non-hydrogen) atoms. The molecule has 2 atom stereocenters. The number of hydrogen-bond acceptors (Lipinski definition) is 5. The molecule has 3 fully saturated rings. The Labute approximate surface area is 248 Å². The Kier molecular flexibility index (Phi) is 8.58. The molecule has 14 heteroatoms. The fraction of sp³-hybridized carbons (Fsp3) is 0.750. The molecular formula is C28H36F6N2O4S2. The molecule has 1 N–H and O–H groups in total. The van der Waals surface area contributed by atoms with Crippen molar-refractivity contribution in [3.63, 3.8) is 0 Å². The third-order valence-corrected chi connectivity index (χ3v) is 11.7. The summed E-state index contributed by atoms with van der Waals surface area (Å²) in [6.45, 7) is 0.635. The van der Waals surface area contributed by atoms with Crippen LogP contribution in [0.25, 0.3) is 0 Å². The minimum atomic E-state index is -3.12. The Morgan fingerprint density at radius 1 is 1.14 bits per heavy atom. The van der Waals surface area contributed by atoms with Gasteiger partial charge in [-0.25, -0.2) is 34.9 Å². The highest BCUT2D eigenvalue weighted by molar-refractivity contribution is 8.00. The molecule has 0 bridgehead atoms. The van der Waals surface area contributed by atoms with E-state index in [0.717, 1.165) is 44.4 Å². The number of likely N-dealkylation sites (N-methyl/N-ethyl adjacent to an activating group) is 1. The Morgan fingerprint density at radius 3 is 2.33 bits per heavy atom. The van der Waals surface area contributed by atoms with Gasteiger partial charge in [-0.3, -0.25) is 4.79 Å². The molecule has 0 amide bonds. The predicted molar refractivity (Wildman–Crippen MR) is 147 cm³/mol. The summed E-state index contributed by atoms with van der Waals surface area (Å²) in [7, 11) is -0.217. The molecular weight excluding hydrogens is 606 g/mol. The predicted octanol–water partition coefficient (Wildman–Crippen LogP) is 6.98. The van der Waals surface area contributed by atoms with Gasteiger partial charge in [0, 0.05) is 69.1 Å². The molecule has 1 aromatic rings. The van der Waals surface area contributed by atoms with Gasteiger partial charge in [-0.1, -0.05) is 12.8 Å². The van der Waals surface area contributed by atoms with Crippen molar-refractivity contribution < 1.29 is 45.2 Å². The second-order valence-corrected chi connectivity index (χ2v) is 15.4. The van der Waals surface area contributed by atoms with E-state index in [1.807, 2.05) is 0 Å². The molecule has 3 saturated carbocycles. The van der Waals surface area contributed by atoms with Crippen LogP contribution in [-0.2, 0) is 15.8 Å². The highest BCUT2D eigenvalue weighted by atomic mass is 32.2. The van der Waals surface area contributed by atoms with Gasteiger partial charge in [0.05, 0.1) is 15.5 Å². The van der Waals surface area contributed by atoms with Gasteiger partial charge in [-0.15, -0.1) is 11.8 Å². The van der Waals surface area contributed by atoms with Crippen molar-refractivity contribution in [2.45, 2.75) is 116 Å². The van der Waals surface area contributed by atoms with Crippen molar-refractivity contribution in [1.82, 2.24) is 4.31 Å². The fourth-order valence-corrected chi connectivity index (χ4v) is 9.17. The van der Waals surface area contributed by atoms with Crippen LogP contribution in [0.4, 0.5) is 32.0 Å². The zero-order valence-electron chi connectivity index (χ0n) is 23.5. The van der Waals surface area contributed by atoms with Gasteiger partial charge in [0.25, 0.3) is 5.92 Å². The zero-order chi connectivity index (χ0) is 30.7. The standard InChI is InChI=1S/C28H36F6N2O4S2/c1-25(29,30)8-7-18-13-36(17-5-3-4-6-17)20-9-22(41-19-11-27(31,32)12-19)21(10-23(20)42(39)35(18)2)40-16-26(24(37)38)14-28(33,34)15-26/h9-10,17-19H,3-8,11-16H2,1-2H3,(H,37,38). The Balaban J connectivity index is 1.51. The van der Waals surface area contributed by atoms with Crippen LogP contribution in [0.5, 0.6) is 5.75 Å². The van der Waals surface area contributed by atoms with Crippen molar-refractivity contribution in [3.8, 4) is 5.75 Å². The molecule has 0 radical (unpaired) electrons. The first-order valence-corrected chi connectivity index (χ1v) is 16.2. The quantitative estimate of drug-likeness (QED) is 0.278. The highest BCUT2D eigenvalue weighted by Gasteiger charge is 2.62. The molecule has 0 saturated heterocycles. The van der Waals surface area contributed by atoms with E-state index in [2.05, 4.69) is 4.90 Å². The fourth-order valence-electron chi connectivity index (χ4n) is 6.42. The van der Waals surface area contributed by atoms with E-state index < -0.39 is 70.9 Å². The average molecular weight is 643 g/mol. The van der Waals surface area contributed by atoms with E-state index in [1.54, 1.807) is 17.4 Å². The van der Waals surface area contributed by atoms with E-state index in [9.17, 15) is 40.5 Å². The molecule has 2 unspecified atom stereocenters. The summed E-state index contributed by atoms with van der Waals surface area (Å²) in [4.78, 5) is 14.8. The van der Waals surface area contributed by atoms with Crippen LogP contribution in [0.1, 0.15) is 71.1 Å². The highest BCUT2D eigenvalue weighted by Crippen LogP contribution is 2.54. The number of carboxylic acid groups (broad SMARTS) is 1. The zero-order valence-corrected chi connectivity index (χ0v) is 25.2. The monoisotopic (exact) mass is 642 g/mol. The van der Waals surface area contributed by atoms with Crippen LogP contribution >= 0.6 is 11.8 Å². The van der Waals surface area contributed by atoms with Crippen molar-refractivity contribution in [2.24, 2.45) is 5.41 Å². The number of alkyl halides is 6. The van der Waals surface area contributed by atoms with Gasteiger partial charge in [0.1, 0.15) is 28.8 Å². The van der Waals surface area contributed by atoms with Crippen LogP contribution in [0.2, 0.25) is 0 Å². The summed E-state index contributed by atoms with van der Waals surface area (Å²) in [5.41, 5.74) is -1.20. The van der Waals surface area contributed by atoms with E-state index in [-0.39, 0.29) is 37.5 Å². The number of benzene rings is 1. The van der Waals surface area contributed by atoms with E-state index in [4.69, 9.17) is 4.74 Å². The van der Waals surface area contributed by atoms with E-state index in [0.29, 0.717) is 22.0 Å². The smallest absolute Gasteiger partial charge is 0.313 e. The number of thioether (sulfide) groups is 1. The molecule has 0 spiro atoms. The van der Waals surface area contributed by atoms with Crippen LogP contribution in [-0.4, -0.2) is 74.9 Å². The maximum Gasteiger partial charge on any atom is 0.313 e. The van der Waals surface area contributed by atoms with Crippen molar-refractivity contribution in [2.75, 3.05) is 25.1 Å². The summed E-state index contributed by atoms with van der Waals surface area (Å²) in [5.74, 6) is -10.1. The maximum absolute atomic E-state index is 13.9. The van der Waals surface area contributed by atoms with Crippen molar-refractivity contribution in [3.05, 3.63) is 12.1 Å². The van der Waals surface area contributed by atoms with Gasteiger partial charge in [0.2, 0.25) is 11.8 Å². The molecule has 236 valence electrons. The normalized spacial score (nSPS) is 27.6. The number of ether oxygens (including phenoxy) is 1. The van der Waals surface area contributed by atoms with Gasteiger partial charge in [-0.05, 0) is 32.3 Å². The lowest BCUT2D eigenvalue weighted by atomic mass is 9.66. The van der Waals surface area contributed by atoms with E-state index in [1.165, 1.54) is 6.07 Å². The minimum Gasteiger partial charge on any atom is -0.491 e. The molecule has 0 aromatic heterocycles. The molecule has 5 rings (SSSR count). The summed E-state index contributed by atoms with van der Waals surface area (Å²) in [6.07, 6.45) is 0.916. The van der Waals surface area contributed by atoms with Crippen LogP contribution in [0.15, 0.2) is 21.9 Å². The molecule has 6 nitrogen and oxygen atoms in total. The molecule has 1 heterocycles. The first-order chi connectivity index (χ1) is 19.5. The number of nitrogens with zero attached hydrogens (tertiary/aromatic N) is 2. The lowest BCUT2D eigenvalue weighted by Gasteiger charge is -2.43. The maximum atomic E-state index is 13.9. The Bertz CT molecular complexity index is 1210. The number of carbonyl (C=O) groups is 1. The molecule has 1 aliphatic heterocycles. The summed E-state index contributed by atoms with van der Waals surface area (Å²) in [6, 6.07) is 2.81. The van der Waals surface area contributed by atoms with E-state index >= 15 is 0 Å². The van der Waals surface area contributed by atoms with Crippen LogP contribution in [0, 0.1) is 5.41 Å². The number of rotatable bonds is 10. The average Bonchev–Trinajstić information content (AvgIpc) is 3.35. The molecule has 3 aliphatic carbocycles. The largest absolute Gasteiger partial charge is 0.491 e. The SMILES string of the molecule is CN1C(CCC(C)(F)F)CN(C2CCCC2)c2cc(SC3CC(F)(F)C3)c(OCC3(C(=O)O)CC(F)(F)C3)cc2S1=O. The molecule has 1 aromatic carbocycles. The van der Waals surface area contributed by atoms with Crippen molar-refractivity contribution >= 4 is 34.4 Å². The third kappa shape index (κ3) is 6.69. The molecule has 4 aliphatic rings. The summed E-state index contributed by atoms with van der Waals surface area (Å²) in [5, 5.41) is 9.25.